The SMILES string of the molecule is Fc1ccc(Cn2c(CSc3ccc(Cl)cc3)nc3ccccc32)cc1. The number of rotatable bonds is 5. The van der Waals surface area contributed by atoms with Crippen LogP contribution >= 0.6 is 23.4 Å². The highest BCUT2D eigenvalue weighted by atomic mass is 35.5. The van der Waals surface area contributed by atoms with Gasteiger partial charge in [-0.3, -0.25) is 0 Å². The molecular formula is C21H16ClFN2S. The maximum Gasteiger partial charge on any atom is 0.123 e. The first-order chi connectivity index (χ1) is 12.7. The lowest BCUT2D eigenvalue weighted by Gasteiger charge is -2.10. The number of halogens is 2. The summed E-state index contributed by atoms with van der Waals surface area (Å²) in [5.41, 5.74) is 3.11. The molecule has 130 valence electrons. The van der Waals surface area contributed by atoms with Crippen molar-refractivity contribution in [2.24, 2.45) is 0 Å². The molecule has 0 aliphatic heterocycles. The average molecular weight is 383 g/mol. The summed E-state index contributed by atoms with van der Waals surface area (Å²) in [6.45, 7) is 0.664. The first-order valence-electron chi connectivity index (χ1n) is 8.26. The van der Waals surface area contributed by atoms with Crippen LogP contribution in [0.15, 0.2) is 77.7 Å². The highest BCUT2D eigenvalue weighted by molar-refractivity contribution is 7.98. The fourth-order valence-corrected chi connectivity index (χ4v) is 3.83. The van der Waals surface area contributed by atoms with Gasteiger partial charge >= 0.3 is 0 Å². The van der Waals surface area contributed by atoms with E-state index >= 15 is 0 Å². The van der Waals surface area contributed by atoms with E-state index in [0.717, 1.165) is 38.1 Å². The van der Waals surface area contributed by atoms with Gasteiger partial charge in [0.2, 0.25) is 0 Å². The highest BCUT2D eigenvalue weighted by Gasteiger charge is 2.11. The van der Waals surface area contributed by atoms with Crippen LogP contribution < -0.4 is 0 Å². The summed E-state index contributed by atoms with van der Waals surface area (Å²) >= 11 is 7.68. The summed E-state index contributed by atoms with van der Waals surface area (Å²) in [4.78, 5) is 5.95. The molecule has 26 heavy (non-hydrogen) atoms. The maximum atomic E-state index is 13.2. The number of para-hydroxylation sites is 2. The van der Waals surface area contributed by atoms with E-state index in [1.54, 1.807) is 11.8 Å². The summed E-state index contributed by atoms with van der Waals surface area (Å²) in [6, 6.07) is 22.6. The van der Waals surface area contributed by atoms with Crippen molar-refractivity contribution in [3.8, 4) is 0 Å². The van der Waals surface area contributed by atoms with Gasteiger partial charge in [0, 0.05) is 16.5 Å². The molecule has 0 N–H and O–H groups in total. The Bertz CT molecular complexity index is 1030. The lowest BCUT2D eigenvalue weighted by molar-refractivity contribution is 0.626. The third-order valence-electron chi connectivity index (χ3n) is 4.17. The van der Waals surface area contributed by atoms with Gasteiger partial charge in [0.15, 0.2) is 0 Å². The average Bonchev–Trinajstić information content (AvgIpc) is 3.01. The largest absolute Gasteiger partial charge is 0.323 e. The van der Waals surface area contributed by atoms with Crippen molar-refractivity contribution in [3.05, 3.63) is 95.0 Å². The zero-order valence-electron chi connectivity index (χ0n) is 13.9. The van der Waals surface area contributed by atoms with Crippen molar-refractivity contribution >= 4 is 34.4 Å². The highest BCUT2D eigenvalue weighted by Crippen LogP contribution is 2.26. The molecule has 1 heterocycles. The quantitative estimate of drug-likeness (QED) is 0.384. The number of thioether (sulfide) groups is 1. The van der Waals surface area contributed by atoms with Gasteiger partial charge in [0.25, 0.3) is 0 Å². The molecule has 4 rings (SSSR count). The summed E-state index contributed by atoms with van der Waals surface area (Å²) in [5.74, 6) is 1.52. The van der Waals surface area contributed by atoms with E-state index in [1.165, 1.54) is 12.1 Å². The maximum absolute atomic E-state index is 13.2. The fraction of sp³-hybridized carbons (Fsp3) is 0.0952. The minimum Gasteiger partial charge on any atom is -0.323 e. The van der Waals surface area contributed by atoms with Crippen molar-refractivity contribution in [2.75, 3.05) is 0 Å². The normalized spacial score (nSPS) is 11.2. The van der Waals surface area contributed by atoms with Crippen molar-refractivity contribution in [1.29, 1.82) is 0 Å². The molecule has 1 aromatic heterocycles. The van der Waals surface area contributed by atoms with E-state index in [4.69, 9.17) is 16.6 Å². The Labute approximate surface area is 160 Å². The van der Waals surface area contributed by atoms with Crippen LogP contribution in [0.4, 0.5) is 4.39 Å². The van der Waals surface area contributed by atoms with Crippen molar-refractivity contribution in [2.45, 2.75) is 17.2 Å². The van der Waals surface area contributed by atoms with Gasteiger partial charge in [0.05, 0.1) is 16.8 Å². The Balaban J connectivity index is 1.64. The Hall–Kier alpha value is -2.30. The Morgan fingerprint density at radius 3 is 2.42 bits per heavy atom. The summed E-state index contributed by atoms with van der Waals surface area (Å²) in [6.07, 6.45) is 0. The lowest BCUT2D eigenvalue weighted by Crippen LogP contribution is -2.04. The van der Waals surface area contributed by atoms with Gasteiger partial charge in [0.1, 0.15) is 11.6 Å². The molecule has 0 amide bonds. The van der Waals surface area contributed by atoms with Gasteiger partial charge in [-0.1, -0.05) is 35.9 Å². The molecule has 0 saturated carbocycles. The molecule has 0 atom stereocenters. The zero-order valence-corrected chi connectivity index (χ0v) is 15.5. The lowest BCUT2D eigenvalue weighted by atomic mass is 10.2. The van der Waals surface area contributed by atoms with Crippen LogP contribution in [0.3, 0.4) is 0 Å². The molecule has 0 radical (unpaired) electrons. The smallest absolute Gasteiger partial charge is 0.123 e. The number of imidazole rings is 1. The number of fused-ring (bicyclic) bond motifs is 1. The predicted octanol–water partition coefficient (Wildman–Crippen LogP) is 6.17. The summed E-state index contributed by atoms with van der Waals surface area (Å²) in [7, 11) is 0. The van der Waals surface area contributed by atoms with Gasteiger partial charge in [-0.25, -0.2) is 9.37 Å². The molecule has 0 fully saturated rings. The molecule has 5 heteroatoms. The van der Waals surface area contributed by atoms with Crippen molar-refractivity contribution in [1.82, 2.24) is 9.55 Å². The minimum atomic E-state index is -0.220. The first-order valence-corrected chi connectivity index (χ1v) is 9.62. The van der Waals surface area contributed by atoms with Crippen LogP contribution in [0.5, 0.6) is 0 Å². The standard InChI is InChI=1S/C21H16ClFN2S/c22-16-7-11-18(12-8-16)26-14-21-24-19-3-1-2-4-20(19)25(21)13-15-5-9-17(23)10-6-15/h1-12H,13-14H2. The van der Waals surface area contributed by atoms with Crippen LogP contribution in [-0.2, 0) is 12.3 Å². The molecule has 0 spiro atoms. The van der Waals surface area contributed by atoms with Gasteiger partial charge in [-0.15, -0.1) is 11.8 Å². The summed E-state index contributed by atoms with van der Waals surface area (Å²) in [5, 5.41) is 0.734. The summed E-state index contributed by atoms with van der Waals surface area (Å²) < 4.78 is 15.4. The number of benzene rings is 3. The Kier molecular flexibility index (Phi) is 4.96. The molecule has 0 unspecified atom stereocenters. The zero-order chi connectivity index (χ0) is 17.9. The third-order valence-corrected chi connectivity index (χ3v) is 5.43. The second-order valence-electron chi connectivity index (χ2n) is 5.97. The minimum absolute atomic E-state index is 0.220. The Morgan fingerprint density at radius 2 is 1.65 bits per heavy atom. The predicted molar refractivity (Wildman–Crippen MR) is 106 cm³/mol. The second-order valence-corrected chi connectivity index (χ2v) is 7.46. The van der Waals surface area contributed by atoms with E-state index in [-0.39, 0.29) is 5.82 Å². The molecule has 0 aliphatic rings. The van der Waals surface area contributed by atoms with Crippen LogP contribution in [-0.4, -0.2) is 9.55 Å². The Morgan fingerprint density at radius 1 is 0.923 bits per heavy atom. The first kappa shape index (κ1) is 17.1. The van der Waals surface area contributed by atoms with Gasteiger partial charge in [-0.2, -0.15) is 0 Å². The molecule has 3 aromatic carbocycles. The second kappa shape index (κ2) is 7.52. The van der Waals surface area contributed by atoms with E-state index in [1.807, 2.05) is 54.6 Å². The van der Waals surface area contributed by atoms with Crippen LogP contribution in [0, 0.1) is 5.82 Å². The van der Waals surface area contributed by atoms with Crippen LogP contribution in [0.1, 0.15) is 11.4 Å². The van der Waals surface area contributed by atoms with E-state index in [9.17, 15) is 4.39 Å². The monoisotopic (exact) mass is 382 g/mol. The third kappa shape index (κ3) is 3.76. The number of hydrogen-bond donors (Lipinski definition) is 0. The topological polar surface area (TPSA) is 17.8 Å². The number of hydrogen-bond acceptors (Lipinski definition) is 2. The molecule has 0 bridgehead atoms. The molecule has 4 aromatic rings. The van der Waals surface area contributed by atoms with E-state index in [2.05, 4.69) is 10.6 Å². The van der Waals surface area contributed by atoms with Crippen molar-refractivity contribution < 1.29 is 4.39 Å². The number of aromatic nitrogens is 2. The molecule has 0 aliphatic carbocycles. The van der Waals surface area contributed by atoms with E-state index < -0.39 is 0 Å². The van der Waals surface area contributed by atoms with Gasteiger partial charge < -0.3 is 4.57 Å². The number of nitrogens with zero attached hydrogens (tertiary/aromatic N) is 2. The van der Waals surface area contributed by atoms with Gasteiger partial charge in [-0.05, 0) is 54.1 Å². The van der Waals surface area contributed by atoms with Crippen LogP contribution in [0.25, 0.3) is 11.0 Å². The fourth-order valence-electron chi connectivity index (χ4n) is 2.86. The molecular weight excluding hydrogens is 367 g/mol. The molecule has 0 saturated heterocycles. The molecule has 2 nitrogen and oxygen atoms in total. The van der Waals surface area contributed by atoms with Crippen LogP contribution in [0.2, 0.25) is 5.02 Å². The van der Waals surface area contributed by atoms with E-state index in [0.29, 0.717) is 6.54 Å². The van der Waals surface area contributed by atoms with Crippen molar-refractivity contribution in [3.63, 3.8) is 0 Å².